The fraction of sp³-hybridized carbons (Fsp3) is 0. The summed E-state index contributed by atoms with van der Waals surface area (Å²) in [4.78, 5) is 9.81. The Morgan fingerprint density at radius 2 is 1.17 bits per heavy atom. The normalized spacial score (nSPS) is 10.9. The Morgan fingerprint density at radius 1 is 0.517 bits per heavy atom. The predicted octanol–water partition coefficient (Wildman–Crippen LogP) is 6.21. The quantitative estimate of drug-likeness (QED) is 0.382. The third kappa shape index (κ3) is 3.34. The average Bonchev–Trinajstić information content (AvgIpc) is 2.79. The first-order chi connectivity index (χ1) is 14.3. The SMILES string of the molecule is Nc1cccc(-c2cccc(-c3nc(-c4ccccc4)c4ccccc4n3)c2)c1. The molecule has 0 fully saturated rings. The first-order valence-electron chi connectivity index (χ1n) is 9.56. The van der Waals surface area contributed by atoms with Gasteiger partial charge in [0.2, 0.25) is 0 Å². The van der Waals surface area contributed by atoms with Crippen molar-refractivity contribution in [3.8, 4) is 33.8 Å². The number of nitrogens with two attached hydrogens (primary N) is 1. The zero-order valence-electron chi connectivity index (χ0n) is 15.8. The molecular formula is C26H19N3. The first-order valence-corrected chi connectivity index (χ1v) is 9.56. The molecule has 0 aliphatic heterocycles. The van der Waals surface area contributed by atoms with Crippen molar-refractivity contribution < 1.29 is 0 Å². The maximum absolute atomic E-state index is 5.97. The molecule has 0 aliphatic rings. The second kappa shape index (κ2) is 7.21. The Labute approximate surface area is 169 Å². The zero-order chi connectivity index (χ0) is 19.6. The molecule has 0 aliphatic carbocycles. The largest absolute Gasteiger partial charge is 0.399 e. The minimum atomic E-state index is 0.716. The van der Waals surface area contributed by atoms with E-state index in [0.717, 1.165) is 44.5 Å². The minimum Gasteiger partial charge on any atom is -0.399 e. The molecule has 2 N–H and O–H groups in total. The van der Waals surface area contributed by atoms with Crippen LogP contribution in [0.3, 0.4) is 0 Å². The smallest absolute Gasteiger partial charge is 0.160 e. The summed E-state index contributed by atoms with van der Waals surface area (Å²) < 4.78 is 0. The lowest BCUT2D eigenvalue weighted by molar-refractivity contribution is 1.23. The van der Waals surface area contributed by atoms with Crippen molar-refractivity contribution in [3.63, 3.8) is 0 Å². The minimum absolute atomic E-state index is 0.716. The maximum atomic E-state index is 5.97. The fourth-order valence-corrected chi connectivity index (χ4v) is 3.58. The molecule has 3 heteroatoms. The number of nitrogen functional groups attached to an aromatic ring is 1. The summed E-state index contributed by atoms with van der Waals surface area (Å²) in [7, 11) is 0. The summed E-state index contributed by atoms with van der Waals surface area (Å²) in [6.07, 6.45) is 0. The van der Waals surface area contributed by atoms with Gasteiger partial charge in [-0.05, 0) is 35.4 Å². The van der Waals surface area contributed by atoms with Gasteiger partial charge in [-0.15, -0.1) is 0 Å². The molecule has 0 amide bonds. The number of fused-ring (bicyclic) bond motifs is 1. The summed E-state index contributed by atoms with van der Waals surface area (Å²) in [5, 5.41) is 1.05. The van der Waals surface area contributed by atoms with E-state index >= 15 is 0 Å². The molecule has 3 nitrogen and oxygen atoms in total. The molecule has 0 radical (unpaired) electrons. The lowest BCUT2D eigenvalue weighted by Gasteiger charge is -2.10. The lowest BCUT2D eigenvalue weighted by Crippen LogP contribution is -1.95. The number of aromatic nitrogens is 2. The highest BCUT2D eigenvalue weighted by atomic mass is 14.9. The van der Waals surface area contributed by atoms with E-state index in [-0.39, 0.29) is 0 Å². The first kappa shape index (κ1) is 17.1. The van der Waals surface area contributed by atoms with E-state index in [2.05, 4.69) is 42.5 Å². The summed E-state index contributed by atoms with van der Waals surface area (Å²) in [5.74, 6) is 0.716. The molecule has 29 heavy (non-hydrogen) atoms. The van der Waals surface area contributed by atoms with Gasteiger partial charge in [-0.2, -0.15) is 0 Å². The van der Waals surface area contributed by atoms with Crippen LogP contribution in [0.2, 0.25) is 0 Å². The van der Waals surface area contributed by atoms with Crippen LogP contribution in [0.4, 0.5) is 5.69 Å². The molecule has 1 heterocycles. The summed E-state index contributed by atoms with van der Waals surface area (Å²) >= 11 is 0. The van der Waals surface area contributed by atoms with Crippen molar-refractivity contribution in [1.29, 1.82) is 0 Å². The third-order valence-corrected chi connectivity index (χ3v) is 4.99. The van der Waals surface area contributed by atoms with Crippen LogP contribution in [-0.2, 0) is 0 Å². The third-order valence-electron chi connectivity index (χ3n) is 4.99. The lowest BCUT2D eigenvalue weighted by atomic mass is 10.0. The number of rotatable bonds is 3. The molecule has 0 spiro atoms. The summed E-state index contributed by atoms with van der Waals surface area (Å²) in [5.41, 5.74) is 12.8. The van der Waals surface area contributed by atoms with Gasteiger partial charge in [-0.1, -0.05) is 78.9 Å². The molecule has 0 saturated heterocycles. The Bertz CT molecular complexity index is 1310. The molecular weight excluding hydrogens is 354 g/mol. The van der Waals surface area contributed by atoms with Crippen molar-refractivity contribution in [2.45, 2.75) is 0 Å². The number of hydrogen-bond acceptors (Lipinski definition) is 3. The standard InChI is InChI=1S/C26H19N3/c27-22-13-7-11-20(17-22)19-10-6-12-21(16-19)26-28-24-15-5-4-14-23(24)25(29-26)18-8-2-1-3-9-18/h1-17H,27H2. The van der Waals surface area contributed by atoms with Gasteiger partial charge < -0.3 is 5.73 Å². The van der Waals surface area contributed by atoms with E-state index in [1.165, 1.54) is 0 Å². The van der Waals surface area contributed by atoms with Crippen LogP contribution < -0.4 is 5.73 Å². The summed E-state index contributed by atoms with van der Waals surface area (Å²) in [6, 6.07) is 34.6. The summed E-state index contributed by atoms with van der Waals surface area (Å²) in [6.45, 7) is 0. The Hall–Kier alpha value is -3.98. The van der Waals surface area contributed by atoms with Crippen molar-refractivity contribution >= 4 is 16.6 Å². The number of anilines is 1. The Balaban J connectivity index is 1.69. The number of para-hydroxylation sites is 1. The zero-order valence-corrected chi connectivity index (χ0v) is 15.8. The molecule has 138 valence electrons. The van der Waals surface area contributed by atoms with Crippen LogP contribution in [0.15, 0.2) is 103 Å². The van der Waals surface area contributed by atoms with Gasteiger partial charge in [0, 0.05) is 22.2 Å². The maximum Gasteiger partial charge on any atom is 0.160 e. The molecule has 0 unspecified atom stereocenters. The van der Waals surface area contributed by atoms with Crippen LogP contribution in [0.25, 0.3) is 44.7 Å². The van der Waals surface area contributed by atoms with Gasteiger partial charge >= 0.3 is 0 Å². The van der Waals surface area contributed by atoms with Crippen LogP contribution in [0.5, 0.6) is 0 Å². The highest BCUT2D eigenvalue weighted by Crippen LogP contribution is 2.31. The predicted molar refractivity (Wildman–Crippen MR) is 120 cm³/mol. The van der Waals surface area contributed by atoms with E-state index in [4.69, 9.17) is 15.7 Å². The molecule has 4 aromatic carbocycles. The van der Waals surface area contributed by atoms with Crippen molar-refractivity contribution in [2.75, 3.05) is 5.73 Å². The van der Waals surface area contributed by atoms with Gasteiger partial charge in [-0.3, -0.25) is 0 Å². The second-order valence-electron chi connectivity index (χ2n) is 6.99. The van der Waals surface area contributed by atoms with Crippen molar-refractivity contribution in [3.05, 3.63) is 103 Å². The van der Waals surface area contributed by atoms with Crippen LogP contribution >= 0.6 is 0 Å². The number of benzene rings is 4. The van der Waals surface area contributed by atoms with Crippen LogP contribution in [0.1, 0.15) is 0 Å². The van der Waals surface area contributed by atoms with E-state index in [1.807, 2.05) is 60.7 Å². The van der Waals surface area contributed by atoms with E-state index in [9.17, 15) is 0 Å². The molecule has 1 aromatic heterocycles. The average molecular weight is 373 g/mol. The molecule has 5 rings (SSSR count). The molecule has 0 atom stereocenters. The van der Waals surface area contributed by atoms with Gasteiger partial charge in [0.1, 0.15) is 0 Å². The molecule has 0 bridgehead atoms. The topological polar surface area (TPSA) is 51.8 Å². The highest BCUT2D eigenvalue weighted by molar-refractivity contribution is 5.93. The molecule has 0 saturated carbocycles. The van der Waals surface area contributed by atoms with E-state index in [0.29, 0.717) is 5.82 Å². The van der Waals surface area contributed by atoms with Crippen LogP contribution in [0, 0.1) is 0 Å². The molecule has 5 aromatic rings. The Kier molecular flexibility index (Phi) is 4.26. The van der Waals surface area contributed by atoms with Gasteiger partial charge in [0.15, 0.2) is 5.82 Å². The second-order valence-corrected chi connectivity index (χ2v) is 6.99. The number of hydrogen-bond donors (Lipinski definition) is 1. The van der Waals surface area contributed by atoms with Crippen molar-refractivity contribution in [1.82, 2.24) is 9.97 Å². The van der Waals surface area contributed by atoms with Gasteiger partial charge in [0.25, 0.3) is 0 Å². The van der Waals surface area contributed by atoms with Crippen molar-refractivity contribution in [2.24, 2.45) is 0 Å². The number of nitrogens with zero attached hydrogens (tertiary/aromatic N) is 2. The van der Waals surface area contributed by atoms with E-state index in [1.54, 1.807) is 0 Å². The highest BCUT2D eigenvalue weighted by Gasteiger charge is 2.11. The fourth-order valence-electron chi connectivity index (χ4n) is 3.58. The Morgan fingerprint density at radius 3 is 2.00 bits per heavy atom. The van der Waals surface area contributed by atoms with Gasteiger partial charge in [0.05, 0.1) is 11.2 Å². The monoisotopic (exact) mass is 373 g/mol. The van der Waals surface area contributed by atoms with Crippen LogP contribution in [-0.4, -0.2) is 9.97 Å². The van der Waals surface area contributed by atoms with Gasteiger partial charge in [-0.25, -0.2) is 9.97 Å². The van der Waals surface area contributed by atoms with E-state index < -0.39 is 0 Å².